The Morgan fingerprint density at radius 1 is 1.40 bits per heavy atom. The molecular formula is C18H28BrN3O2S. The minimum atomic E-state index is -2.82. The highest BCUT2D eigenvalue weighted by Crippen LogP contribution is 2.18. The van der Waals surface area contributed by atoms with Crippen molar-refractivity contribution in [1.82, 2.24) is 10.6 Å². The quantitative estimate of drug-likeness (QED) is 0.516. The van der Waals surface area contributed by atoms with Gasteiger partial charge in [0, 0.05) is 24.6 Å². The van der Waals surface area contributed by atoms with E-state index >= 15 is 0 Å². The second kappa shape index (κ2) is 9.57. The summed E-state index contributed by atoms with van der Waals surface area (Å²) in [5, 5.41) is 6.65. The molecule has 1 aromatic carbocycles. The molecule has 7 heteroatoms. The number of aliphatic imine (C=N–C) groups is 1. The van der Waals surface area contributed by atoms with Crippen molar-refractivity contribution in [3.63, 3.8) is 0 Å². The van der Waals surface area contributed by atoms with E-state index in [1.165, 1.54) is 5.56 Å². The molecule has 1 aliphatic rings. The van der Waals surface area contributed by atoms with E-state index in [4.69, 9.17) is 0 Å². The minimum Gasteiger partial charge on any atom is -0.356 e. The molecular weight excluding hydrogens is 402 g/mol. The predicted molar refractivity (Wildman–Crippen MR) is 108 cm³/mol. The lowest BCUT2D eigenvalue weighted by molar-refractivity contribution is 0.490. The Bertz CT molecular complexity index is 691. The first-order valence-corrected chi connectivity index (χ1v) is 11.4. The van der Waals surface area contributed by atoms with Gasteiger partial charge in [-0.2, -0.15) is 0 Å². The summed E-state index contributed by atoms with van der Waals surface area (Å²) in [6.07, 6.45) is 2.84. The van der Waals surface area contributed by atoms with Crippen LogP contribution in [0.3, 0.4) is 0 Å². The molecule has 0 aliphatic carbocycles. The van der Waals surface area contributed by atoms with Crippen molar-refractivity contribution < 1.29 is 8.42 Å². The molecule has 1 heterocycles. The highest BCUT2D eigenvalue weighted by atomic mass is 79.9. The Balaban J connectivity index is 1.78. The molecule has 1 aromatic rings. The van der Waals surface area contributed by atoms with Crippen molar-refractivity contribution in [3.8, 4) is 0 Å². The summed E-state index contributed by atoms with van der Waals surface area (Å²) >= 11 is 3.52. The number of guanidine groups is 1. The maximum Gasteiger partial charge on any atom is 0.190 e. The summed E-state index contributed by atoms with van der Waals surface area (Å²) < 4.78 is 24.2. The number of halogens is 1. The van der Waals surface area contributed by atoms with Gasteiger partial charge >= 0.3 is 0 Å². The molecule has 0 amide bonds. The molecule has 0 aromatic heterocycles. The largest absolute Gasteiger partial charge is 0.356 e. The van der Waals surface area contributed by atoms with Gasteiger partial charge in [0.05, 0.1) is 11.5 Å². The standard InChI is InChI=1S/C18H28BrN3O2S/c1-3-14(9-15-5-4-6-17(19)10-15)11-21-18(20-2)22-12-16-7-8-25(23,24)13-16/h4-6,10,14,16H,3,7-9,11-13H2,1-2H3,(H2,20,21,22). The minimum absolute atomic E-state index is 0.187. The van der Waals surface area contributed by atoms with Crippen molar-refractivity contribution in [2.75, 3.05) is 31.6 Å². The summed E-state index contributed by atoms with van der Waals surface area (Å²) in [6, 6.07) is 8.42. The average Bonchev–Trinajstić information content (AvgIpc) is 2.93. The van der Waals surface area contributed by atoms with Crippen molar-refractivity contribution in [1.29, 1.82) is 0 Å². The number of hydrogen-bond donors (Lipinski definition) is 2. The van der Waals surface area contributed by atoms with E-state index in [1.54, 1.807) is 7.05 Å². The lowest BCUT2D eigenvalue weighted by Crippen LogP contribution is -2.42. The normalized spacial score (nSPS) is 21.1. The van der Waals surface area contributed by atoms with E-state index in [0.29, 0.717) is 18.2 Å². The molecule has 1 fully saturated rings. The van der Waals surface area contributed by atoms with Gasteiger partial charge < -0.3 is 10.6 Å². The van der Waals surface area contributed by atoms with Crippen LogP contribution in [0, 0.1) is 11.8 Å². The Morgan fingerprint density at radius 3 is 2.80 bits per heavy atom. The van der Waals surface area contributed by atoms with E-state index in [0.717, 1.165) is 36.2 Å². The van der Waals surface area contributed by atoms with Gasteiger partial charge in [0.25, 0.3) is 0 Å². The number of nitrogens with zero attached hydrogens (tertiary/aromatic N) is 1. The zero-order valence-electron chi connectivity index (χ0n) is 15.0. The smallest absolute Gasteiger partial charge is 0.190 e. The van der Waals surface area contributed by atoms with E-state index in [9.17, 15) is 8.42 Å². The number of nitrogens with one attached hydrogen (secondary N) is 2. The molecule has 25 heavy (non-hydrogen) atoms. The fourth-order valence-corrected chi connectivity index (χ4v) is 5.40. The van der Waals surface area contributed by atoms with Gasteiger partial charge in [0.1, 0.15) is 0 Å². The Morgan fingerprint density at radius 2 is 2.20 bits per heavy atom. The first-order valence-electron chi connectivity index (χ1n) is 8.81. The summed E-state index contributed by atoms with van der Waals surface area (Å²) in [6.45, 7) is 3.69. The van der Waals surface area contributed by atoms with Gasteiger partial charge in [0.2, 0.25) is 0 Å². The highest BCUT2D eigenvalue weighted by molar-refractivity contribution is 9.10. The zero-order chi connectivity index (χ0) is 18.3. The second-order valence-corrected chi connectivity index (χ2v) is 9.86. The molecule has 2 unspecified atom stereocenters. The first-order chi connectivity index (χ1) is 11.9. The van der Waals surface area contributed by atoms with Crippen LogP contribution in [-0.2, 0) is 16.3 Å². The molecule has 1 saturated heterocycles. The van der Waals surface area contributed by atoms with Crippen molar-refractivity contribution >= 4 is 31.7 Å². The van der Waals surface area contributed by atoms with Crippen LogP contribution < -0.4 is 10.6 Å². The van der Waals surface area contributed by atoms with Crippen LogP contribution in [0.25, 0.3) is 0 Å². The topological polar surface area (TPSA) is 70.6 Å². The van der Waals surface area contributed by atoms with Crippen LogP contribution in [0.1, 0.15) is 25.3 Å². The Hall–Kier alpha value is -1.08. The first kappa shape index (κ1) is 20.2. The molecule has 0 saturated carbocycles. The predicted octanol–water partition coefficient (Wildman–Crippen LogP) is 2.62. The van der Waals surface area contributed by atoms with Gasteiger partial charge in [-0.25, -0.2) is 8.42 Å². The molecule has 0 bridgehead atoms. The fraction of sp³-hybridized carbons (Fsp3) is 0.611. The van der Waals surface area contributed by atoms with E-state index in [1.807, 2.05) is 6.07 Å². The zero-order valence-corrected chi connectivity index (χ0v) is 17.4. The molecule has 140 valence electrons. The monoisotopic (exact) mass is 429 g/mol. The Labute approximate surface area is 159 Å². The van der Waals surface area contributed by atoms with E-state index in [-0.39, 0.29) is 11.7 Å². The van der Waals surface area contributed by atoms with Crippen LogP contribution >= 0.6 is 15.9 Å². The third-order valence-electron chi connectivity index (χ3n) is 4.66. The Kier molecular flexibility index (Phi) is 7.75. The molecule has 1 aliphatic heterocycles. The van der Waals surface area contributed by atoms with Gasteiger partial charge in [-0.15, -0.1) is 0 Å². The van der Waals surface area contributed by atoms with Crippen LogP contribution in [0.2, 0.25) is 0 Å². The molecule has 2 N–H and O–H groups in total. The number of sulfone groups is 1. The third kappa shape index (κ3) is 6.98. The number of rotatable bonds is 7. The number of hydrogen-bond acceptors (Lipinski definition) is 3. The lowest BCUT2D eigenvalue weighted by atomic mass is 9.97. The highest BCUT2D eigenvalue weighted by Gasteiger charge is 2.27. The molecule has 5 nitrogen and oxygen atoms in total. The van der Waals surface area contributed by atoms with E-state index < -0.39 is 9.84 Å². The maximum absolute atomic E-state index is 11.5. The lowest BCUT2D eigenvalue weighted by Gasteiger charge is -2.19. The molecule has 0 radical (unpaired) electrons. The van der Waals surface area contributed by atoms with Gasteiger partial charge in [-0.1, -0.05) is 41.4 Å². The second-order valence-electron chi connectivity index (χ2n) is 6.71. The van der Waals surface area contributed by atoms with Crippen LogP contribution in [-0.4, -0.2) is 46.0 Å². The third-order valence-corrected chi connectivity index (χ3v) is 6.99. The van der Waals surface area contributed by atoms with Crippen molar-refractivity contribution in [3.05, 3.63) is 34.3 Å². The van der Waals surface area contributed by atoms with Gasteiger partial charge in [-0.3, -0.25) is 4.99 Å². The summed E-state index contributed by atoms with van der Waals surface area (Å²) in [5.41, 5.74) is 1.32. The molecule has 2 rings (SSSR count). The van der Waals surface area contributed by atoms with Crippen LogP contribution in [0.4, 0.5) is 0 Å². The SMILES string of the molecule is CCC(CNC(=NC)NCC1CCS(=O)(=O)C1)Cc1cccc(Br)c1. The molecule has 2 atom stereocenters. The van der Waals surface area contributed by atoms with Gasteiger partial charge in [-0.05, 0) is 42.4 Å². The van der Waals surface area contributed by atoms with Crippen molar-refractivity contribution in [2.24, 2.45) is 16.8 Å². The summed E-state index contributed by atoms with van der Waals surface area (Å²) in [5.74, 6) is 2.05. The van der Waals surface area contributed by atoms with Gasteiger partial charge in [0.15, 0.2) is 15.8 Å². The van der Waals surface area contributed by atoms with Crippen molar-refractivity contribution in [2.45, 2.75) is 26.2 Å². The maximum atomic E-state index is 11.5. The number of benzene rings is 1. The van der Waals surface area contributed by atoms with E-state index in [2.05, 4.69) is 56.7 Å². The average molecular weight is 430 g/mol. The summed E-state index contributed by atoms with van der Waals surface area (Å²) in [7, 11) is -1.08. The van der Waals surface area contributed by atoms with Crippen LogP contribution in [0.5, 0.6) is 0 Å². The van der Waals surface area contributed by atoms with Crippen LogP contribution in [0.15, 0.2) is 33.7 Å². The summed E-state index contributed by atoms with van der Waals surface area (Å²) in [4.78, 5) is 4.25. The molecule has 0 spiro atoms. The fourth-order valence-electron chi connectivity index (χ4n) is 3.09.